The average molecular weight is 264 g/mol. The van der Waals surface area contributed by atoms with Gasteiger partial charge in [0.25, 0.3) is 0 Å². The van der Waals surface area contributed by atoms with Gasteiger partial charge in [0, 0.05) is 0 Å². The molecule has 0 amide bonds. The number of hydrogen-bond donors (Lipinski definition) is 1. The third-order valence-electron chi connectivity index (χ3n) is 2.22. The summed E-state index contributed by atoms with van der Waals surface area (Å²) >= 11 is 17.2. The smallest absolute Gasteiger partial charge is 0.248 e. The molecule has 0 radical (unpaired) electrons. The van der Waals surface area contributed by atoms with Crippen LogP contribution in [0.3, 0.4) is 0 Å². The third-order valence-corrected chi connectivity index (χ3v) is 2.76. The van der Waals surface area contributed by atoms with Gasteiger partial charge in [0.1, 0.15) is 0 Å². The number of benzene rings is 1. The summed E-state index contributed by atoms with van der Waals surface area (Å²) in [5.74, 6) is 0.357. The number of alkyl halides is 3. The molecule has 0 saturated heterocycles. The number of rotatable bonds is 1. The summed E-state index contributed by atoms with van der Waals surface area (Å²) in [5, 5.41) is 0. The van der Waals surface area contributed by atoms with Gasteiger partial charge in [-0.25, -0.2) is 4.98 Å². The van der Waals surface area contributed by atoms with E-state index in [-0.39, 0.29) is 0 Å². The van der Waals surface area contributed by atoms with Crippen LogP contribution in [0.5, 0.6) is 0 Å². The van der Waals surface area contributed by atoms with Crippen LogP contribution in [0.4, 0.5) is 0 Å². The Balaban J connectivity index is 2.56. The summed E-state index contributed by atoms with van der Waals surface area (Å²) in [5.41, 5.74) is 2.94. The molecule has 2 nitrogen and oxygen atoms in total. The first-order chi connectivity index (χ1) is 7.00. The van der Waals surface area contributed by atoms with Crippen molar-refractivity contribution in [2.75, 3.05) is 0 Å². The van der Waals surface area contributed by atoms with Gasteiger partial charge < -0.3 is 4.98 Å². The summed E-state index contributed by atoms with van der Waals surface area (Å²) in [6.07, 6.45) is 0.970. The lowest BCUT2D eigenvalue weighted by Crippen LogP contribution is -2.01. The highest BCUT2D eigenvalue weighted by Crippen LogP contribution is 2.37. The summed E-state index contributed by atoms with van der Waals surface area (Å²) in [6, 6.07) is 5.96. The van der Waals surface area contributed by atoms with E-state index in [1.54, 1.807) is 0 Å². The third kappa shape index (κ3) is 2.22. The molecule has 2 rings (SSSR count). The molecule has 1 aromatic heterocycles. The quantitative estimate of drug-likeness (QED) is 0.775. The van der Waals surface area contributed by atoms with Crippen LogP contribution < -0.4 is 0 Å². The van der Waals surface area contributed by atoms with Gasteiger partial charge in [-0.05, 0) is 24.1 Å². The summed E-state index contributed by atoms with van der Waals surface area (Å²) < 4.78 is -1.49. The molecule has 0 bridgehead atoms. The van der Waals surface area contributed by atoms with Crippen molar-refractivity contribution in [1.82, 2.24) is 9.97 Å². The highest BCUT2D eigenvalue weighted by molar-refractivity contribution is 6.66. The maximum absolute atomic E-state index is 5.74. The maximum atomic E-state index is 5.74. The summed E-state index contributed by atoms with van der Waals surface area (Å²) in [4.78, 5) is 7.21. The van der Waals surface area contributed by atoms with Crippen molar-refractivity contribution in [3.8, 4) is 0 Å². The Labute approximate surface area is 103 Å². The lowest BCUT2D eigenvalue weighted by atomic mass is 10.1. The molecule has 0 atom stereocenters. The molecular formula is C10H9Cl3N2. The number of aromatic nitrogens is 2. The first kappa shape index (κ1) is 11.1. The van der Waals surface area contributed by atoms with Crippen LogP contribution >= 0.6 is 34.8 Å². The van der Waals surface area contributed by atoms with Crippen LogP contribution in [0.15, 0.2) is 18.2 Å². The SMILES string of the molecule is CCc1ccc2nc(C(Cl)(Cl)Cl)[nH]c2c1. The van der Waals surface area contributed by atoms with Gasteiger partial charge in [-0.2, -0.15) is 0 Å². The molecule has 0 aliphatic carbocycles. The van der Waals surface area contributed by atoms with E-state index in [0.717, 1.165) is 17.5 Å². The summed E-state index contributed by atoms with van der Waals surface area (Å²) in [6.45, 7) is 2.09. The second-order valence-corrected chi connectivity index (χ2v) is 5.57. The van der Waals surface area contributed by atoms with E-state index in [2.05, 4.69) is 16.9 Å². The minimum absolute atomic E-state index is 0.357. The van der Waals surface area contributed by atoms with Crippen LogP contribution in [0.1, 0.15) is 18.3 Å². The zero-order valence-corrected chi connectivity index (χ0v) is 10.3. The Morgan fingerprint density at radius 3 is 2.67 bits per heavy atom. The van der Waals surface area contributed by atoms with Crippen LogP contribution in [0.25, 0.3) is 11.0 Å². The highest BCUT2D eigenvalue weighted by atomic mass is 35.6. The van der Waals surface area contributed by atoms with Gasteiger partial charge in [0.15, 0.2) is 5.82 Å². The molecule has 5 heteroatoms. The molecule has 2 aromatic rings. The first-order valence-electron chi connectivity index (χ1n) is 4.56. The highest BCUT2D eigenvalue weighted by Gasteiger charge is 2.26. The van der Waals surface area contributed by atoms with Crippen LogP contribution in [0, 0.1) is 0 Å². The minimum Gasteiger partial charge on any atom is -0.338 e. The van der Waals surface area contributed by atoms with Crippen molar-refractivity contribution >= 4 is 45.8 Å². The van der Waals surface area contributed by atoms with Gasteiger partial charge in [0.05, 0.1) is 11.0 Å². The van der Waals surface area contributed by atoms with E-state index in [9.17, 15) is 0 Å². The number of nitrogens with zero attached hydrogens (tertiary/aromatic N) is 1. The normalized spacial score (nSPS) is 12.3. The van der Waals surface area contributed by atoms with Crippen molar-refractivity contribution in [2.24, 2.45) is 0 Å². The van der Waals surface area contributed by atoms with Gasteiger partial charge in [-0.3, -0.25) is 0 Å². The van der Waals surface area contributed by atoms with E-state index in [4.69, 9.17) is 34.8 Å². The molecule has 0 unspecified atom stereocenters. The average Bonchev–Trinajstić information content (AvgIpc) is 2.59. The lowest BCUT2D eigenvalue weighted by Gasteiger charge is -2.04. The number of aryl methyl sites for hydroxylation is 1. The Kier molecular flexibility index (Phi) is 2.84. The van der Waals surface area contributed by atoms with E-state index in [0.29, 0.717) is 5.82 Å². The van der Waals surface area contributed by atoms with Crippen molar-refractivity contribution < 1.29 is 0 Å². The van der Waals surface area contributed by atoms with Crippen molar-refractivity contribution in [1.29, 1.82) is 0 Å². The van der Waals surface area contributed by atoms with E-state index >= 15 is 0 Å². The number of H-pyrrole nitrogens is 1. The molecular weight excluding hydrogens is 254 g/mol. The van der Waals surface area contributed by atoms with Gasteiger partial charge >= 0.3 is 0 Å². The lowest BCUT2D eigenvalue weighted by molar-refractivity contribution is 1.05. The minimum atomic E-state index is -1.49. The molecule has 1 N–H and O–H groups in total. The fourth-order valence-corrected chi connectivity index (χ4v) is 1.68. The zero-order chi connectivity index (χ0) is 11.1. The van der Waals surface area contributed by atoms with E-state index in [1.165, 1.54) is 5.56 Å². The van der Waals surface area contributed by atoms with Crippen LogP contribution in [-0.4, -0.2) is 9.97 Å². The van der Waals surface area contributed by atoms with Crippen LogP contribution in [0.2, 0.25) is 0 Å². The van der Waals surface area contributed by atoms with Crippen molar-refractivity contribution in [2.45, 2.75) is 17.1 Å². The summed E-state index contributed by atoms with van der Waals surface area (Å²) in [7, 11) is 0. The second-order valence-electron chi connectivity index (χ2n) is 3.29. The van der Waals surface area contributed by atoms with Gasteiger partial charge in [-0.1, -0.05) is 47.8 Å². The molecule has 0 spiro atoms. The molecule has 1 aromatic carbocycles. The predicted molar refractivity (Wildman–Crippen MR) is 64.7 cm³/mol. The predicted octanol–water partition coefficient (Wildman–Crippen LogP) is 3.95. The molecule has 15 heavy (non-hydrogen) atoms. The van der Waals surface area contributed by atoms with Crippen LogP contribution in [-0.2, 0) is 10.2 Å². The Morgan fingerprint density at radius 1 is 1.33 bits per heavy atom. The Bertz CT molecular complexity index is 485. The largest absolute Gasteiger partial charge is 0.338 e. The molecule has 0 aliphatic rings. The number of halogens is 3. The topological polar surface area (TPSA) is 28.7 Å². The number of fused-ring (bicyclic) bond motifs is 1. The Morgan fingerprint density at radius 2 is 2.07 bits per heavy atom. The molecule has 0 saturated carbocycles. The maximum Gasteiger partial charge on any atom is 0.248 e. The molecule has 0 fully saturated rings. The Hall–Kier alpha value is -0.440. The number of imidazole rings is 1. The number of aromatic amines is 1. The van der Waals surface area contributed by atoms with Gasteiger partial charge in [-0.15, -0.1) is 0 Å². The zero-order valence-electron chi connectivity index (χ0n) is 8.02. The van der Waals surface area contributed by atoms with E-state index in [1.807, 2.05) is 18.2 Å². The van der Waals surface area contributed by atoms with Gasteiger partial charge in [0.2, 0.25) is 3.79 Å². The number of nitrogens with one attached hydrogen (secondary N) is 1. The molecule has 0 aliphatic heterocycles. The fraction of sp³-hybridized carbons (Fsp3) is 0.300. The first-order valence-corrected chi connectivity index (χ1v) is 5.70. The monoisotopic (exact) mass is 262 g/mol. The molecule has 1 heterocycles. The van der Waals surface area contributed by atoms with Crippen molar-refractivity contribution in [3.63, 3.8) is 0 Å². The van der Waals surface area contributed by atoms with Crippen molar-refractivity contribution in [3.05, 3.63) is 29.6 Å². The standard InChI is InChI=1S/C10H9Cl3N2/c1-2-6-3-4-7-8(5-6)15-9(14-7)10(11,12)13/h3-5H,2H2,1H3,(H,14,15). The fourth-order valence-electron chi connectivity index (χ4n) is 1.41. The second kappa shape index (κ2) is 3.85. The molecule has 80 valence electrons. The number of hydrogen-bond acceptors (Lipinski definition) is 1. The van der Waals surface area contributed by atoms with E-state index < -0.39 is 3.79 Å².